The van der Waals surface area contributed by atoms with Gasteiger partial charge in [-0.05, 0) is 54.8 Å². The second-order valence-corrected chi connectivity index (χ2v) is 7.86. The van der Waals surface area contributed by atoms with Gasteiger partial charge < -0.3 is 5.32 Å². The molecule has 25 heavy (non-hydrogen) atoms. The van der Waals surface area contributed by atoms with E-state index >= 15 is 0 Å². The first-order chi connectivity index (χ1) is 12.2. The molecular formula is C18H16BrN3OS2. The molecule has 1 amide bonds. The Morgan fingerprint density at radius 1 is 1.16 bits per heavy atom. The number of nitrogens with one attached hydrogen (secondary N) is 1. The summed E-state index contributed by atoms with van der Waals surface area (Å²) in [7, 11) is 0. The van der Waals surface area contributed by atoms with Crippen molar-refractivity contribution in [2.45, 2.75) is 10.1 Å². The van der Waals surface area contributed by atoms with Crippen molar-refractivity contribution in [3.63, 3.8) is 0 Å². The first-order valence-electron chi connectivity index (χ1n) is 7.52. The summed E-state index contributed by atoms with van der Waals surface area (Å²) in [6.07, 6.45) is 5.66. The fraction of sp³-hybridized carbons (Fsp3) is 0.111. The first-order valence-corrected chi connectivity index (χ1v) is 10.5. The highest BCUT2D eigenvalue weighted by atomic mass is 79.9. The summed E-state index contributed by atoms with van der Waals surface area (Å²) in [5.41, 5.74) is 1.82. The Labute approximate surface area is 163 Å². The molecule has 0 bridgehead atoms. The molecule has 7 heteroatoms. The molecule has 1 N–H and O–H groups in total. The fourth-order valence-corrected chi connectivity index (χ4v) is 3.64. The van der Waals surface area contributed by atoms with Crippen molar-refractivity contribution in [3.05, 3.63) is 65.4 Å². The zero-order valence-electron chi connectivity index (χ0n) is 13.5. The van der Waals surface area contributed by atoms with Gasteiger partial charge >= 0.3 is 0 Å². The summed E-state index contributed by atoms with van der Waals surface area (Å²) in [4.78, 5) is 17.7. The number of carbonyl (C=O) groups excluding carboxylic acids is 1. The highest BCUT2D eigenvalue weighted by molar-refractivity contribution is 9.10. The molecule has 0 aliphatic rings. The minimum Gasteiger partial charge on any atom is -0.325 e. The van der Waals surface area contributed by atoms with Crippen LogP contribution in [0.3, 0.4) is 0 Å². The number of hydrogen-bond donors (Lipinski definition) is 1. The van der Waals surface area contributed by atoms with Crippen LogP contribution in [0.2, 0.25) is 0 Å². The molecule has 0 saturated carbocycles. The minimum absolute atomic E-state index is 0.0488. The Bertz CT molecular complexity index is 848. The molecule has 3 rings (SSSR count). The van der Waals surface area contributed by atoms with Crippen LogP contribution in [0, 0.1) is 0 Å². The van der Waals surface area contributed by atoms with Crippen molar-refractivity contribution in [2.24, 2.45) is 0 Å². The highest BCUT2D eigenvalue weighted by Crippen LogP contribution is 2.22. The Hall–Kier alpha value is -1.70. The van der Waals surface area contributed by atoms with Crippen LogP contribution in [-0.4, -0.2) is 27.5 Å². The lowest BCUT2D eigenvalue weighted by Gasteiger charge is -2.08. The third-order valence-electron chi connectivity index (χ3n) is 3.42. The molecule has 4 nitrogen and oxygen atoms in total. The fourth-order valence-electron chi connectivity index (χ4n) is 2.20. The molecule has 0 radical (unpaired) electrons. The summed E-state index contributed by atoms with van der Waals surface area (Å²) in [5, 5.41) is 3.70. The normalized spacial score (nSPS) is 10.6. The predicted molar refractivity (Wildman–Crippen MR) is 109 cm³/mol. The number of halogens is 1. The second-order valence-electron chi connectivity index (χ2n) is 5.12. The SMILES string of the molecule is CSc1ccc(NC(=O)CSc2nccn2-c2ccc(Br)cc2)cc1. The van der Waals surface area contributed by atoms with E-state index in [-0.39, 0.29) is 5.91 Å². The molecule has 0 spiro atoms. The number of amides is 1. The van der Waals surface area contributed by atoms with Gasteiger partial charge in [0.1, 0.15) is 0 Å². The zero-order valence-corrected chi connectivity index (χ0v) is 16.7. The van der Waals surface area contributed by atoms with Crippen LogP contribution < -0.4 is 5.32 Å². The third kappa shape index (κ3) is 4.90. The van der Waals surface area contributed by atoms with Crippen molar-refractivity contribution in [3.8, 4) is 5.69 Å². The molecule has 3 aromatic rings. The lowest BCUT2D eigenvalue weighted by atomic mass is 10.3. The number of aromatic nitrogens is 2. The number of nitrogens with zero attached hydrogens (tertiary/aromatic N) is 2. The zero-order chi connectivity index (χ0) is 17.6. The second kappa shape index (κ2) is 8.60. The molecule has 0 aliphatic heterocycles. The number of benzene rings is 2. The Balaban J connectivity index is 1.61. The quantitative estimate of drug-likeness (QED) is 0.550. The number of hydrogen-bond acceptors (Lipinski definition) is 4. The standard InChI is InChI=1S/C18H16BrN3OS2/c1-24-16-8-4-14(5-9-16)21-17(23)12-25-18-20-10-11-22(18)15-6-2-13(19)3-7-15/h2-11H,12H2,1H3,(H,21,23). The number of carbonyl (C=O) groups is 1. The molecule has 128 valence electrons. The molecule has 0 aliphatic carbocycles. The molecule has 0 atom stereocenters. The third-order valence-corrected chi connectivity index (χ3v) is 5.66. The largest absolute Gasteiger partial charge is 0.325 e. The monoisotopic (exact) mass is 433 g/mol. The van der Waals surface area contributed by atoms with Crippen molar-refractivity contribution >= 4 is 51.0 Å². The van der Waals surface area contributed by atoms with E-state index < -0.39 is 0 Å². The first kappa shape index (κ1) is 18.1. The van der Waals surface area contributed by atoms with Gasteiger partial charge in [0.05, 0.1) is 5.75 Å². The molecule has 0 fully saturated rings. The topological polar surface area (TPSA) is 46.9 Å². The summed E-state index contributed by atoms with van der Waals surface area (Å²) in [6.45, 7) is 0. The van der Waals surface area contributed by atoms with Crippen molar-refractivity contribution < 1.29 is 4.79 Å². The van der Waals surface area contributed by atoms with Gasteiger partial charge in [0, 0.05) is 33.1 Å². The Morgan fingerprint density at radius 2 is 1.88 bits per heavy atom. The van der Waals surface area contributed by atoms with E-state index in [2.05, 4.69) is 26.2 Å². The summed E-state index contributed by atoms with van der Waals surface area (Å²) in [6, 6.07) is 15.8. The van der Waals surface area contributed by atoms with Crippen LogP contribution in [0.1, 0.15) is 0 Å². The van der Waals surface area contributed by atoms with Gasteiger partial charge in [-0.3, -0.25) is 9.36 Å². The van der Waals surface area contributed by atoms with Crippen LogP contribution in [0.15, 0.2) is 75.4 Å². The Kier molecular flexibility index (Phi) is 6.23. The van der Waals surface area contributed by atoms with Crippen LogP contribution in [0.5, 0.6) is 0 Å². The van der Waals surface area contributed by atoms with Crippen LogP contribution in [0.4, 0.5) is 5.69 Å². The van der Waals surface area contributed by atoms with Crippen LogP contribution in [0.25, 0.3) is 5.69 Å². The Morgan fingerprint density at radius 3 is 2.56 bits per heavy atom. The average molecular weight is 434 g/mol. The van der Waals surface area contributed by atoms with Gasteiger partial charge in [0.25, 0.3) is 0 Å². The minimum atomic E-state index is -0.0488. The molecule has 1 heterocycles. The maximum Gasteiger partial charge on any atom is 0.234 e. The van der Waals surface area contributed by atoms with Crippen LogP contribution in [-0.2, 0) is 4.79 Å². The highest BCUT2D eigenvalue weighted by Gasteiger charge is 2.09. The van der Waals surface area contributed by atoms with Crippen LogP contribution >= 0.6 is 39.5 Å². The summed E-state index contributed by atoms with van der Waals surface area (Å²) in [5.74, 6) is 0.255. The van der Waals surface area contributed by atoms with E-state index in [1.165, 1.54) is 16.7 Å². The van der Waals surface area contributed by atoms with Gasteiger partial charge in [-0.15, -0.1) is 11.8 Å². The average Bonchev–Trinajstić information content (AvgIpc) is 3.10. The number of anilines is 1. The number of thioether (sulfide) groups is 2. The lowest BCUT2D eigenvalue weighted by Crippen LogP contribution is -2.14. The summed E-state index contributed by atoms with van der Waals surface area (Å²) < 4.78 is 3.00. The number of imidazole rings is 1. The number of rotatable bonds is 6. The lowest BCUT2D eigenvalue weighted by molar-refractivity contribution is -0.113. The van der Waals surface area contributed by atoms with Crippen molar-refractivity contribution in [1.82, 2.24) is 9.55 Å². The molecule has 0 saturated heterocycles. The van der Waals surface area contributed by atoms with E-state index in [4.69, 9.17) is 0 Å². The van der Waals surface area contributed by atoms with E-state index in [0.29, 0.717) is 5.75 Å². The maximum atomic E-state index is 12.2. The van der Waals surface area contributed by atoms with Gasteiger partial charge in [0.2, 0.25) is 5.91 Å². The molecule has 2 aromatic carbocycles. The van der Waals surface area contributed by atoms with Gasteiger partial charge in [-0.25, -0.2) is 4.98 Å². The molecule has 0 unspecified atom stereocenters. The van der Waals surface area contributed by atoms with Gasteiger partial charge in [0.15, 0.2) is 5.16 Å². The molecular weight excluding hydrogens is 418 g/mol. The molecule has 1 aromatic heterocycles. The van der Waals surface area contributed by atoms with E-state index in [1.54, 1.807) is 18.0 Å². The smallest absolute Gasteiger partial charge is 0.234 e. The van der Waals surface area contributed by atoms with Crippen molar-refractivity contribution in [1.29, 1.82) is 0 Å². The van der Waals surface area contributed by atoms with Crippen molar-refractivity contribution in [2.75, 3.05) is 17.3 Å². The maximum absolute atomic E-state index is 12.2. The van der Waals surface area contributed by atoms with Gasteiger partial charge in [-0.2, -0.15) is 0 Å². The van der Waals surface area contributed by atoms with Gasteiger partial charge in [-0.1, -0.05) is 27.7 Å². The summed E-state index contributed by atoms with van der Waals surface area (Å²) >= 11 is 6.52. The van der Waals surface area contributed by atoms with E-state index in [0.717, 1.165) is 21.0 Å². The predicted octanol–water partition coefficient (Wildman–Crippen LogP) is 5.09. The van der Waals surface area contributed by atoms with E-state index in [9.17, 15) is 4.79 Å². The van der Waals surface area contributed by atoms with E-state index in [1.807, 2.05) is 65.6 Å².